The molecular weight excluding hydrogens is 447 g/mol. The molecule has 0 saturated heterocycles. The first kappa shape index (κ1) is 29.9. The van der Waals surface area contributed by atoms with Gasteiger partial charge in [-0.05, 0) is 44.6 Å². The van der Waals surface area contributed by atoms with Crippen molar-refractivity contribution in [3.05, 3.63) is 0 Å². The predicted molar refractivity (Wildman–Crippen MR) is 128 cm³/mol. The maximum atomic E-state index is 6.13. The Labute approximate surface area is 189 Å². The van der Waals surface area contributed by atoms with Crippen LogP contribution in [0.1, 0.15) is 59.8 Å². The third-order valence-electron chi connectivity index (χ3n) is 4.29. The van der Waals surface area contributed by atoms with E-state index in [2.05, 4.69) is 10.9 Å². The summed E-state index contributed by atoms with van der Waals surface area (Å²) in [6.07, 6.45) is 5.73. The molecule has 7 nitrogen and oxygen atoms in total. The van der Waals surface area contributed by atoms with Crippen molar-refractivity contribution >= 4 is 39.5 Å². The minimum atomic E-state index is -2.89. The average molecular weight is 490 g/mol. The molecule has 0 aliphatic carbocycles. The van der Waals surface area contributed by atoms with E-state index < -0.39 is 17.8 Å². The van der Waals surface area contributed by atoms with Crippen LogP contribution in [0.25, 0.3) is 0 Å². The van der Waals surface area contributed by atoms with Crippen molar-refractivity contribution in [2.75, 3.05) is 53.4 Å². The number of unbranched alkanes of at least 4 members (excludes halogenated alkanes) is 3. The van der Waals surface area contributed by atoms with E-state index in [0.717, 1.165) is 31.2 Å². The van der Waals surface area contributed by atoms with Crippen LogP contribution in [0, 0.1) is 0 Å². The van der Waals surface area contributed by atoms with E-state index in [1.165, 1.54) is 19.3 Å². The van der Waals surface area contributed by atoms with E-state index in [1.807, 2.05) is 20.8 Å². The van der Waals surface area contributed by atoms with E-state index in [0.29, 0.717) is 19.8 Å². The highest BCUT2D eigenvalue weighted by molar-refractivity contribution is 8.76. The van der Waals surface area contributed by atoms with Gasteiger partial charge in [-0.25, -0.2) is 0 Å². The van der Waals surface area contributed by atoms with Gasteiger partial charge in [0.15, 0.2) is 0 Å². The van der Waals surface area contributed by atoms with Crippen LogP contribution in [0.3, 0.4) is 0 Å². The van der Waals surface area contributed by atoms with Crippen molar-refractivity contribution in [2.45, 2.75) is 65.8 Å². The largest absolute Gasteiger partial charge is 0.610 e. The highest BCUT2D eigenvalue weighted by Gasteiger charge is 2.49. The first-order chi connectivity index (χ1) is 14.0. The van der Waals surface area contributed by atoms with E-state index in [-0.39, 0.29) is 0 Å². The van der Waals surface area contributed by atoms with Crippen LogP contribution in [0.5, 0.6) is 0 Å². The minimum Gasteiger partial charge on any atom is -0.377 e. The molecule has 0 radical (unpaired) electrons. The summed E-state index contributed by atoms with van der Waals surface area (Å²) < 4.78 is 37.1. The highest BCUT2D eigenvalue weighted by atomic mass is 33.1. The van der Waals surface area contributed by atoms with Gasteiger partial charge in [0.2, 0.25) is 0 Å². The molecule has 0 aliphatic heterocycles. The molecule has 0 unspecified atom stereocenters. The van der Waals surface area contributed by atoms with Crippen LogP contribution in [-0.2, 0) is 26.6 Å². The Hall–Kier alpha value is 0.854. The lowest BCUT2D eigenvalue weighted by atomic mass is 10.2. The first-order valence-corrected chi connectivity index (χ1v) is 16.6. The Morgan fingerprint density at radius 3 is 1.72 bits per heavy atom. The van der Waals surface area contributed by atoms with E-state index in [9.17, 15) is 0 Å². The van der Waals surface area contributed by atoms with Gasteiger partial charge < -0.3 is 26.6 Å². The monoisotopic (exact) mass is 489 g/mol. The number of hydrogen-bond donors (Lipinski definition) is 0. The van der Waals surface area contributed by atoms with Gasteiger partial charge in [0.25, 0.3) is 0 Å². The Kier molecular flexibility index (Phi) is 19.0. The SMILES string of the molecule is CCCCCCN(SSCCC[Si](OC)(OC)OC)[Si](OCC)(OCC)OCC. The number of rotatable bonds is 21. The summed E-state index contributed by atoms with van der Waals surface area (Å²) in [7, 11) is 3.08. The third-order valence-corrected chi connectivity index (χ3v) is 13.5. The molecule has 0 aromatic rings. The van der Waals surface area contributed by atoms with Crippen molar-refractivity contribution < 1.29 is 26.6 Å². The minimum absolute atomic E-state index is 0.576. The summed E-state index contributed by atoms with van der Waals surface area (Å²) in [5.74, 6) is 0.954. The van der Waals surface area contributed by atoms with Crippen LogP contribution < -0.4 is 0 Å². The molecule has 0 bridgehead atoms. The lowest BCUT2D eigenvalue weighted by Crippen LogP contribution is -2.58. The van der Waals surface area contributed by atoms with Crippen LogP contribution >= 0.6 is 21.8 Å². The molecular formula is C18H43NO6S2Si2. The quantitative estimate of drug-likeness (QED) is 0.0961. The van der Waals surface area contributed by atoms with Gasteiger partial charge in [0, 0.05) is 59.5 Å². The normalized spacial score (nSPS) is 12.8. The molecule has 0 aromatic heterocycles. The van der Waals surface area contributed by atoms with Crippen LogP contribution in [0.15, 0.2) is 0 Å². The Morgan fingerprint density at radius 2 is 1.28 bits per heavy atom. The average Bonchev–Trinajstić information content (AvgIpc) is 2.73. The summed E-state index contributed by atoms with van der Waals surface area (Å²) in [6.45, 7) is 10.8. The Balaban J connectivity index is 4.92. The van der Waals surface area contributed by atoms with Gasteiger partial charge in [-0.15, -0.1) is 0 Å². The zero-order chi connectivity index (χ0) is 22.0. The molecule has 0 spiro atoms. The molecule has 0 saturated carbocycles. The molecule has 0 aliphatic rings. The first-order valence-electron chi connectivity index (χ1n) is 10.7. The fourth-order valence-electron chi connectivity index (χ4n) is 2.79. The molecule has 0 heterocycles. The van der Waals surface area contributed by atoms with Crippen molar-refractivity contribution in [3.8, 4) is 0 Å². The zero-order valence-corrected chi connectivity index (χ0v) is 23.1. The van der Waals surface area contributed by atoms with Gasteiger partial charge in [-0.3, -0.25) is 0 Å². The molecule has 11 heteroatoms. The highest BCUT2D eigenvalue weighted by Crippen LogP contribution is 2.34. The van der Waals surface area contributed by atoms with E-state index in [4.69, 9.17) is 26.6 Å². The fourth-order valence-corrected chi connectivity index (χ4v) is 11.0. The number of hydrogen-bond acceptors (Lipinski definition) is 9. The van der Waals surface area contributed by atoms with Crippen LogP contribution in [-0.4, -0.2) is 75.2 Å². The maximum absolute atomic E-state index is 6.13. The summed E-state index contributed by atoms with van der Waals surface area (Å²) >= 11 is 0. The lowest BCUT2D eigenvalue weighted by Gasteiger charge is -2.36. The zero-order valence-electron chi connectivity index (χ0n) is 19.5. The summed E-state index contributed by atoms with van der Waals surface area (Å²) in [5.41, 5.74) is 0. The van der Waals surface area contributed by atoms with Gasteiger partial charge in [-0.2, -0.15) is 3.97 Å². The van der Waals surface area contributed by atoms with Gasteiger partial charge in [-0.1, -0.05) is 37.0 Å². The third kappa shape index (κ3) is 11.3. The van der Waals surface area contributed by atoms with Crippen molar-refractivity contribution in [2.24, 2.45) is 0 Å². The standard InChI is InChI=1S/C18H43NO6S2Si2/c1-8-12-13-14-16-19(29(23-9-2,24-10-3)25-11-4)27-26-17-15-18-28(20-5,21-6)22-7/h8-18H2,1-7H3. The molecule has 176 valence electrons. The molecule has 0 aromatic carbocycles. The molecule has 29 heavy (non-hydrogen) atoms. The van der Waals surface area contributed by atoms with Crippen molar-refractivity contribution in [3.63, 3.8) is 0 Å². The predicted octanol–water partition coefficient (Wildman–Crippen LogP) is 4.98. The second-order valence-electron chi connectivity index (χ2n) is 6.28. The summed E-state index contributed by atoms with van der Waals surface area (Å²) in [6, 6.07) is 0.797. The van der Waals surface area contributed by atoms with Gasteiger partial charge in [0.1, 0.15) is 0 Å². The second kappa shape index (κ2) is 18.4. The fraction of sp³-hybridized carbons (Fsp3) is 1.00. The van der Waals surface area contributed by atoms with Crippen molar-refractivity contribution in [1.29, 1.82) is 0 Å². The topological polar surface area (TPSA) is 58.6 Å². The number of nitrogens with zero attached hydrogens (tertiary/aromatic N) is 1. The molecule has 0 rings (SSSR count). The Bertz CT molecular complexity index is 359. The maximum Gasteiger partial charge on any atom is 0.610 e. The van der Waals surface area contributed by atoms with Gasteiger partial charge in [0.05, 0.1) is 0 Å². The van der Waals surface area contributed by atoms with Crippen LogP contribution in [0.2, 0.25) is 6.04 Å². The molecule has 0 amide bonds. The van der Waals surface area contributed by atoms with Crippen molar-refractivity contribution in [1.82, 2.24) is 3.97 Å². The summed E-state index contributed by atoms with van der Waals surface area (Å²) in [4.78, 5) is 0. The second-order valence-corrected chi connectivity index (χ2v) is 14.5. The van der Waals surface area contributed by atoms with E-state index >= 15 is 0 Å². The molecule has 0 atom stereocenters. The van der Waals surface area contributed by atoms with Gasteiger partial charge >= 0.3 is 17.8 Å². The van der Waals surface area contributed by atoms with Crippen LogP contribution in [0.4, 0.5) is 0 Å². The molecule has 0 N–H and O–H groups in total. The molecule has 0 fully saturated rings. The smallest absolute Gasteiger partial charge is 0.377 e. The lowest BCUT2D eigenvalue weighted by molar-refractivity contribution is 0.0400. The van der Waals surface area contributed by atoms with E-state index in [1.54, 1.807) is 43.1 Å². The summed E-state index contributed by atoms with van der Waals surface area (Å²) in [5, 5.41) is 0. The Morgan fingerprint density at radius 1 is 0.724 bits per heavy atom.